The molecule has 0 heterocycles. The van der Waals surface area contributed by atoms with E-state index in [1.807, 2.05) is 0 Å². The van der Waals surface area contributed by atoms with Gasteiger partial charge in [-0.15, -0.1) is 0 Å². The first-order valence-electron chi connectivity index (χ1n) is 5.78. The summed E-state index contributed by atoms with van der Waals surface area (Å²) in [6.45, 7) is 0.719. The predicted octanol–water partition coefficient (Wildman–Crippen LogP) is 2.10. The molecule has 1 aromatic rings. The molecule has 1 aromatic carbocycles. The Hall–Kier alpha value is -1.36. The lowest BCUT2D eigenvalue weighted by atomic mass is 10.1. The molecular formula is C13H20N2O2S. The van der Waals surface area contributed by atoms with E-state index in [1.165, 1.54) is 0 Å². The Balaban J connectivity index is 2.83. The third-order valence-electron chi connectivity index (χ3n) is 2.68. The zero-order chi connectivity index (χ0) is 13.5. The average molecular weight is 268 g/mol. The second-order valence-electron chi connectivity index (χ2n) is 4.00. The zero-order valence-corrected chi connectivity index (χ0v) is 11.9. The van der Waals surface area contributed by atoms with Crippen LogP contribution in [0.25, 0.3) is 0 Å². The number of carbonyl (C=O) groups is 1. The summed E-state index contributed by atoms with van der Waals surface area (Å²) >= 11 is 1.77. The number of hydrogen-bond acceptors (Lipinski definition) is 4. The van der Waals surface area contributed by atoms with Crippen molar-refractivity contribution >= 4 is 23.4 Å². The van der Waals surface area contributed by atoms with Crippen molar-refractivity contribution in [1.29, 1.82) is 0 Å². The molecule has 0 atom stereocenters. The summed E-state index contributed by atoms with van der Waals surface area (Å²) in [6, 6.07) is 5.24. The van der Waals surface area contributed by atoms with Crippen LogP contribution in [-0.2, 0) is 0 Å². The summed E-state index contributed by atoms with van der Waals surface area (Å²) in [5.41, 5.74) is 6.76. The van der Waals surface area contributed by atoms with E-state index in [0.29, 0.717) is 17.0 Å². The standard InChI is InChI=1S/C13H20N2O2S/c1-15(8-5-9-18-3)13(16)12-10(14)6-4-7-11(12)17-2/h4,6-7H,5,8-9,14H2,1-3H3. The third kappa shape index (κ3) is 3.57. The highest BCUT2D eigenvalue weighted by Gasteiger charge is 2.19. The molecule has 1 rings (SSSR count). The highest BCUT2D eigenvalue weighted by molar-refractivity contribution is 7.98. The van der Waals surface area contributed by atoms with E-state index in [4.69, 9.17) is 10.5 Å². The summed E-state index contributed by atoms with van der Waals surface area (Å²) < 4.78 is 5.19. The van der Waals surface area contributed by atoms with Gasteiger partial charge < -0.3 is 15.4 Å². The van der Waals surface area contributed by atoms with E-state index < -0.39 is 0 Å². The fraction of sp³-hybridized carbons (Fsp3) is 0.462. The maximum atomic E-state index is 12.3. The van der Waals surface area contributed by atoms with Crippen molar-refractivity contribution in [2.75, 3.05) is 38.4 Å². The Morgan fingerprint density at radius 1 is 1.50 bits per heavy atom. The molecule has 4 nitrogen and oxygen atoms in total. The van der Waals surface area contributed by atoms with Crippen LogP contribution in [0.4, 0.5) is 5.69 Å². The number of amides is 1. The number of benzene rings is 1. The van der Waals surface area contributed by atoms with Crippen LogP contribution in [0, 0.1) is 0 Å². The largest absolute Gasteiger partial charge is 0.496 e. The van der Waals surface area contributed by atoms with E-state index in [1.54, 1.807) is 49.0 Å². The molecule has 0 aliphatic carbocycles. The molecule has 2 N–H and O–H groups in total. The predicted molar refractivity (Wildman–Crippen MR) is 77.4 cm³/mol. The van der Waals surface area contributed by atoms with Gasteiger partial charge in [0.15, 0.2) is 0 Å². The molecule has 0 aliphatic rings. The average Bonchev–Trinajstić information content (AvgIpc) is 2.37. The number of carbonyl (C=O) groups excluding carboxylic acids is 1. The zero-order valence-electron chi connectivity index (χ0n) is 11.1. The van der Waals surface area contributed by atoms with Gasteiger partial charge in [0, 0.05) is 19.3 Å². The number of rotatable bonds is 6. The number of nitrogen functional groups attached to an aromatic ring is 1. The minimum absolute atomic E-state index is 0.0916. The quantitative estimate of drug-likeness (QED) is 0.634. The number of thioether (sulfide) groups is 1. The number of anilines is 1. The Morgan fingerprint density at radius 3 is 2.83 bits per heavy atom. The van der Waals surface area contributed by atoms with Gasteiger partial charge in [-0.3, -0.25) is 4.79 Å². The third-order valence-corrected chi connectivity index (χ3v) is 3.38. The second-order valence-corrected chi connectivity index (χ2v) is 4.98. The first kappa shape index (κ1) is 14.7. The number of nitrogens with two attached hydrogens (primary N) is 1. The molecule has 0 saturated carbocycles. The topological polar surface area (TPSA) is 55.6 Å². The summed E-state index contributed by atoms with van der Waals surface area (Å²) in [4.78, 5) is 14.0. The maximum Gasteiger partial charge on any atom is 0.259 e. The minimum Gasteiger partial charge on any atom is -0.496 e. The van der Waals surface area contributed by atoms with Gasteiger partial charge in [-0.2, -0.15) is 11.8 Å². The highest BCUT2D eigenvalue weighted by Crippen LogP contribution is 2.25. The summed E-state index contributed by atoms with van der Waals surface area (Å²) in [7, 11) is 3.33. The van der Waals surface area contributed by atoms with E-state index in [0.717, 1.165) is 18.7 Å². The fourth-order valence-electron chi connectivity index (χ4n) is 1.69. The molecule has 0 aromatic heterocycles. The van der Waals surface area contributed by atoms with Gasteiger partial charge in [-0.25, -0.2) is 0 Å². The highest BCUT2D eigenvalue weighted by atomic mass is 32.2. The smallest absolute Gasteiger partial charge is 0.259 e. The van der Waals surface area contributed by atoms with Gasteiger partial charge in [-0.05, 0) is 30.6 Å². The summed E-state index contributed by atoms with van der Waals surface area (Å²) in [5.74, 6) is 1.47. The van der Waals surface area contributed by atoms with Gasteiger partial charge in [-0.1, -0.05) is 6.07 Å². The van der Waals surface area contributed by atoms with Crippen molar-refractivity contribution in [3.8, 4) is 5.75 Å². The first-order valence-corrected chi connectivity index (χ1v) is 7.18. The van der Waals surface area contributed by atoms with E-state index in [-0.39, 0.29) is 5.91 Å². The van der Waals surface area contributed by atoms with Crippen molar-refractivity contribution in [2.45, 2.75) is 6.42 Å². The molecule has 100 valence electrons. The lowest BCUT2D eigenvalue weighted by Crippen LogP contribution is -2.29. The van der Waals surface area contributed by atoms with Crippen molar-refractivity contribution in [3.05, 3.63) is 23.8 Å². The Morgan fingerprint density at radius 2 is 2.22 bits per heavy atom. The maximum absolute atomic E-state index is 12.3. The van der Waals surface area contributed by atoms with Gasteiger partial charge in [0.05, 0.1) is 7.11 Å². The van der Waals surface area contributed by atoms with Gasteiger partial charge in [0.2, 0.25) is 0 Å². The number of methoxy groups -OCH3 is 1. The fourth-order valence-corrected chi connectivity index (χ4v) is 2.10. The first-order chi connectivity index (χ1) is 8.61. The SMILES string of the molecule is COc1cccc(N)c1C(=O)N(C)CCCSC. The van der Waals surface area contributed by atoms with Gasteiger partial charge in [0.25, 0.3) is 5.91 Å². The molecule has 0 aliphatic heterocycles. The Kier molecular flexibility index (Phi) is 5.85. The summed E-state index contributed by atoms with van der Waals surface area (Å²) in [6.07, 6.45) is 3.03. The van der Waals surface area contributed by atoms with E-state index in [9.17, 15) is 4.79 Å². The molecule has 18 heavy (non-hydrogen) atoms. The molecule has 1 amide bonds. The lowest BCUT2D eigenvalue weighted by Gasteiger charge is -2.19. The van der Waals surface area contributed by atoms with Crippen LogP contribution in [0.1, 0.15) is 16.8 Å². The van der Waals surface area contributed by atoms with Crippen LogP contribution in [0.2, 0.25) is 0 Å². The van der Waals surface area contributed by atoms with Crippen LogP contribution in [0.3, 0.4) is 0 Å². The number of hydrogen-bond donors (Lipinski definition) is 1. The van der Waals surface area contributed by atoms with Crippen molar-refractivity contribution in [2.24, 2.45) is 0 Å². The van der Waals surface area contributed by atoms with Gasteiger partial charge >= 0.3 is 0 Å². The Bertz CT molecular complexity index is 410. The molecule has 0 bridgehead atoms. The van der Waals surface area contributed by atoms with E-state index >= 15 is 0 Å². The van der Waals surface area contributed by atoms with Crippen LogP contribution in [0.5, 0.6) is 5.75 Å². The van der Waals surface area contributed by atoms with Gasteiger partial charge in [0.1, 0.15) is 11.3 Å². The van der Waals surface area contributed by atoms with Crippen LogP contribution in [-0.4, -0.2) is 43.5 Å². The van der Waals surface area contributed by atoms with Crippen molar-refractivity contribution in [1.82, 2.24) is 4.90 Å². The Labute approximate surface area is 112 Å². The second kappa shape index (κ2) is 7.16. The summed E-state index contributed by atoms with van der Waals surface area (Å²) in [5, 5.41) is 0. The molecule has 0 fully saturated rings. The van der Waals surface area contributed by atoms with Crippen LogP contribution in [0.15, 0.2) is 18.2 Å². The van der Waals surface area contributed by atoms with Crippen LogP contribution < -0.4 is 10.5 Å². The van der Waals surface area contributed by atoms with Crippen LogP contribution >= 0.6 is 11.8 Å². The normalized spacial score (nSPS) is 10.2. The number of nitrogens with zero attached hydrogens (tertiary/aromatic N) is 1. The molecule has 5 heteroatoms. The minimum atomic E-state index is -0.0916. The molecular weight excluding hydrogens is 248 g/mol. The molecule has 0 spiro atoms. The molecule has 0 unspecified atom stereocenters. The number of ether oxygens (including phenoxy) is 1. The molecule has 0 radical (unpaired) electrons. The van der Waals surface area contributed by atoms with E-state index in [2.05, 4.69) is 6.26 Å². The van der Waals surface area contributed by atoms with Crippen molar-refractivity contribution < 1.29 is 9.53 Å². The lowest BCUT2D eigenvalue weighted by molar-refractivity contribution is 0.0793. The monoisotopic (exact) mass is 268 g/mol. The van der Waals surface area contributed by atoms with Crippen molar-refractivity contribution in [3.63, 3.8) is 0 Å². The molecule has 0 saturated heterocycles.